The number of hydrogen-bond donors (Lipinski definition) is 1. The Balaban J connectivity index is 1.61. The molecular weight excluding hydrogens is 415 g/mol. The van der Waals surface area contributed by atoms with Crippen molar-refractivity contribution in [3.05, 3.63) is 72.0 Å². The summed E-state index contributed by atoms with van der Waals surface area (Å²) in [6.07, 6.45) is -4.50. The van der Waals surface area contributed by atoms with Crippen molar-refractivity contribution in [2.45, 2.75) is 13.1 Å². The lowest BCUT2D eigenvalue weighted by Gasteiger charge is -2.11. The lowest BCUT2D eigenvalue weighted by Crippen LogP contribution is -2.21. The van der Waals surface area contributed by atoms with Gasteiger partial charge in [0, 0.05) is 5.56 Å². The highest BCUT2D eigenvalue weighted by Gasteiger charge is 2.30. The van der Waals surface area contributed by atoms with Crippen molar-refractivity contribution in [1.82, 2.24) is 0 Å². The van der Waals surface area contributed by atoms with Crippen LogP contribution in [0.25, 0.3) is 11.3 Å². The lowest BCUT2D eigenvalue weighted by atomic mass is 10.1. The normalized spacial score (nSPS) is 11.1. The Hall–Kier alpha value is -3.75. The molecule has 0 atom stereocenters. The number of halogens is 3. The summed E-state index contributed by atoms with van der Waals surface area (Å²) in [6.45, 7) is 1.63. The van der Waals surface area contributed by atoms with E-state index in [0.29, 0.717) is 18.0 Å². The van der Waals surface area contributed by atoms with Gasteiger partial charge in [-0.25, -0.2) is 4.79 Å². The first-order valence-electron chi connectivity index (χ1n) is 9.24. The highest BCUT2D eigenvalue weighted by molar-refractivity contribution is 5.95. The quantitative estimate of drug-likeness (QED) is 0.521. The average molecular weight is 433 g/mol. The Morgan fingerprint density at radius 2 is 1.81 bits per heavy atom. The molecule has 1 N–H and O–H groups in total. The summed E-state index contributed by atoms with van der Waals surface area (Å²) in [5.74, 6) is -1.22. The molecule has 0 aliphatic heterocycles. The molecule has 1 heterocycles. The standard InChI is InChI=1S/C22H18F3NO5/c1-2-29-18-9-4-3-8-16(18)26-20(27)13-30-21(28)19-11-10-17(31-19)14-6-5-7-15(12-14)22(23,24)25/h3-12H,2,13H2,1H3,(H,26,27). The van der Waals surface area contributed by atoms with E-state index in [1.165, 1.54) is 24.3 Å². The van der Waals surface area contributed by atoms with Gasteiger partial charge in [-0.2, -0.15) is 13.2 Å². The summed E-state index contributed by atoms with van der Waals surface area (Å²) in [4.78, 5) is 24.2. The first kappa shape index (κ1) is 21.9. The number of esters is 1. The maximum atomic E-state index is 12.9. The molecule has 0 unspecified atom stereocenters. The van der Waals surface area contributed by atoms with Crippen LogP contribution in [0.2, 0.25) is 0 Å². The van der Waals surface area contributed by atoms with E-state index in [-0.39, 0.29) is 17.1 Å². The minimum Gasteiger partial charge on any atom is -0.492 e. The van der Waals surface area contributed by atoms with Crippen LogP contribution in [0.1, 0.15) is 23.0 Å². The zero-order chi connectivity index (χ0) is 22.4. The van der Waals surface area contributed by atoms with Crippen molar-refractivity contribution in [3.63, 3.8) is 0 Å². The fraction of sp³-hybridized carbons (Fsp3) is 0.182. The molecule has 1 amide bonds. The molecule has 0 saturated carbocycles. The Morgan fingerprint density at radius 3 is 2.55 bits per heavy atom. The van der Waals surface area contributed by atoms with E-state index in [0.717, 1.165) is 12.1 Å². The van der Waals surface area contributed by atoms with Gasteiger partial charge >= 0.3 is 12.1 Å². The van der Waals surface area contributed by atoms with Crippen LogP contribution in [0.15, 0.2) is 65.1 Å². The van der Waals surface area contributed by atoms with Gasteiger partial charge in [-0.15, -0.1) is 0 Å². The molecule has 0 aliphatic carbocycles. The molecule has 9 heteroatoms. The summed E-state index contributed by atoms with van der Waals surface area (Å²) in [5.41, 5.74) is -0.260. The number of anilines is 1. The summed E-state index contributed by atoms with van der Waals surface area (Å²) in [7, 11) is 0. The second kappa shape index (κ2) is 9.38. The molecule has 0 aliphatic rings. The second-order valence-electron chi connectivity index (χ2n) is 6.30. The van der Waals surface area contributed by atoms with Crippen molar-refractivity contribution < 1.29 is 36.7 Å². The van der Waals surface area contributed by atoms with Crippen LogP contribution in [0.3, 0.4) is 0 Å². The van der Waals surface area contributed by atoms with E-state index in [1.54, 1.807) is 31.2 Å². The predicted octanol–water partition coefficient (Wildman–Crippen LogP) is 5.16. The molecule has 0 saturated heterocycles. The average Bonchev–Trinajstić information content (AvgIpc) is 3.24. The van der Waals surface area contributed by atoms with Crippen LogP contribution in [0.5, 0.6) is 5.75 Å². The fourth-order valence-electron chi connectivity index (χ4n) is 2.69. The lowest BCUT2D eigenvalue weighted by molar-refractivity contribution is -0.137. The van der Waals surface area contributed by atoms with Crippen LogP contribution in [-0.2, 0) is 15.7 Å². The van der Waals surface area contributed by atoms with E-state index >= 15 is 0 Å². The molecule has 3 rings (SSSR count). The van der Waals surface area contributed by atoms with E-state index < -0.39 is 30.2 Å². The monoisotopic (exact) mass is 433 g/mol. The van der Waals surface area contributed by atoms with Crippen molar-refractivity contribution >= 4 is 17.6 Å². The Kier molecular flexibility index (Phi) is 6.64. The topological polar surface area (TPSA) is 77.8 Å². The number of benzene rings is 2. The second-order valence-corrected chi connectivity index (χ2v) is 6.30. The first-order valence-corrected chi connectivity index (χ1v) is 9.24. The molecule has 2 aromatic carbocycles. The zero-order valence-corrected chi connectivity index (χ0v) is 16.4. The number of carbonyl (C=O) groups is 2. The number of rotatable bonds is 7. The van der Waals surface area contributed by atoms with Gasteiger partial charge in [0.15, 0.2) is 6.61 Å². The minimum absolute atomic E-state index is 0.0631. The summed E-state index contributed by atoms with van der Waals surface area (Å²) in [5, 5.41) is 2.58. The van der Waals surface area contributed by atoms with E-state index in [4.69, 9.17) is 13.9 Å². The molecule has 0 radical (unpaired) electrons. The van der Waals surface area contributed by atoms with Crippen molar-refractivity contribution in [1.29, 1.82) is 0 Å². The summed E-state index contributed by atoms with van der Waals surface area (Å²) >= 11 is 0. The van der Waals surface area contributed by atoms with Crippen LogP contribution < -0.4 is 10.1 Å². The Labute approximate surface area is 175 Å². The van der Waals surface area contributed by atoms with Crippen LogP contribution in [0.4, 0.5) is 18.9 Å². The number of amides is 1. The molecule has 0 bridgehead atoms. The number of carbonyl (C=O) groups excluding carboxylic acids is 2. The molecule has 6 nitrogen and oxygen atoms in total. The number of nitrogens with one attached hydrogen (secondary N) is 1. The van der Waals surface area contributed by atoms with Gasteiger partial charge < -0.3 is 19.2 Å². The van der Waals surface area contributed by atoms with Gasteiger partial charge in [0.05, 0.1) is 17.9 Å². The van der Waals surface area contributed by atoms with Gasteiger partial charge in [-0.3, -0.25) is 4.79 Å². The minimum atomic E-state index is -4.50. The third-order valence-electron chi connectivity index (χ3n) is 4.08. The molecular formula is C22H18F3NO5. The van der Waals surface area contributed by atoms with Crippen molar-refractivity contribution in [2.24, 2.45) is 0 Å². The third kappa shape index (κ3) is 5.65. The summed E-state index contributed by atoms with van der Waals surface area (Å²) in [6, 6.07) is 13.9. The smallest absolute Gasteiger partial charge is 0.416 e. The number of hydrogen-bond acceptors (Lipinski definition) is 5. The maximum absolute atomic E-state index is 12.9. The van der Waals surface area contributed by atoms with Crippen LogP contribution in [-0.4, -0.2) is 25.1 Å². The molecule has 0 fully saturated rings. The molecule has 31 heavy (non-hydrogen) atoms. The fourth-order valence-corrected chi connectivity index (χ4v) is 2.69. The highest BCUT2D eigenvalue weighted by Crippen LogP contribution is 2.32. The highest BCUT2D eigenvalue weighted by atomic mass is 19.4. The largest absolute Gasteiger partial charge is 0.492 e. The summed E-state index contributed by atoms with van der Waals surface area (Å²) < 4.78 is 54.2. The van der Waals surface area contributed by atoms with Gasteiger partial charge in [0.2, 0.25) is 5.76 Å². The first-order chi connectivity index (χ1) is 14.8. The third-order valence-corrected chi connectivity index (χ3v) is 4.08. The van der Waals surface area contributed by atoms with Gasteiger partial charge in [-0.1, -0.05) is 24.3 Å². The van der Waals surface area contributed by atoms with Crippen molar-refractivity contribution in [3.8, 4) is 17.1 Å². The number of para-hydroxylation sites is 2. The van der Waals surface area contributed by atoms with Crippen molar-refractivity contribution in [2.75, 3.05) is 18.5 Å². The molecule has 162 valence electrons. The Bertz CT molecular complexity index is 1070. The Morgan fingerprint density at radius 1 is 1.03 bits per heavy atom. The van der Waals surface area contributed by atoms with E-state index in [1.807, 2.05) is 0 Å². The zero-order valence-electron chi connectivity index (χ0n) is 16.4. The van der Waals surface area contributed by atoms with Gasteiger partial charge in [-0.05, 0) is 43.3 Å². The van der Waals surface area contributed by atoms with E-state index in [9.17, 15) is 22.8 Å². The molecule has 3 aromatic rings. The van der Waals surface area contributed by atoms with Gasteiger partial charge in [0.25, 0.3) is 5.91 Å². The molecule has 0 spiro atoms. The SMILES string of the molecule is CCOc1ccccc1NC(=O)COC(=O)c1ccc(-c2cccc(C(F)(F)F)c2)o1. The van der Waals surface area contributed by atoms with Crippen LogP contribution >= 0.6 is 0 Å². The maximum Gasteiger partial charge on any atom is 0.416 e. The predicted molar refractivity (Wildman–Crippen MR) is 106 cm³/mol. The molecule has 1 aromatic heterocycles. The number of ether oxygens (including phenoxy) is 2. The number of alkyl halides is 3. The van der Waals surface area contributed by atoms with Gasteiger partial charge in [0.1, 0.15) is 11.5 Å². The van der Waals surface area contributed by atoms with Crippen LogP contribution in [0, 0.1) is 0 Å². The number of furan rings is 1. The van der Waals surface area contributed by atoms with E-state index in [2.05, 4.69) is 5.32 Å².